The Morgan fingerprint density at radius 2 is 0.672 bits per heavy atom. The van der Waals surface area contributed by atoms with Crippen LogP contribution in [0.15, 0.2) is 0 Å². The lowest BCUT2D eigenvalue weighted by Crippen LogP contribution is -2.56. The van der Waals surface area contributed by atoms with E-state index in [1.807, 2.05) is 41.5 Å². The largest absolute Gasteiger partial charge is 0.462 e. The Bertz CT molecular complexity index is 1420. The third-order valence-corrected chi connectivity index (χ3v) is 17.6. The molecule has 3 N–H and O–H groups in total. The summed E-state index contributed by atoms with van der Waals surface area (Å²) >= 11 is 0. The van der Waals surface area contributed by atoms with Crippen molar-refractivity contribution in [3.05, 3.63) is 0 Å². The molecule has 386 valence electrons. The first kappa shape index (κ1) is 54.6. The number of nitrogens with zero attached hydrogens (tertiary/aromatic N) is 1. The van der Waals surface area contributed by atoms with Crippen molar-refractivity contribution in [3.8, 4) is 0 Å². The van der Waals surface area contributed by atoms with Crippen LogP contribution in [-0.2, 0) is 28.6 Å². The molecule has 6 unspecified atom stereocenters. The molecule has 0 aromatic carbocycles. The van der Waals surface area contributed by atoms with Crippen molar-refractivity contribution in [3.63, 3.8) is 0 Å². The number of ether oxygens (including phenoxy) is 3. The van der Waals surface area contributed by atoms with Crippen molar-refractivity contribution >= 4 is 17.9 Å². The molecule has 10 heteroatoms. The summed E-state index contributed by atoms with van der Waals surface area (Å²) in [6, 6.07) is 0. The lowest BCUT2D eigenvalue weighted by molar-refractivity contribution is -0.171. The maximum atomic E-state index is 14.7. The van der Waals surface area contributed by atoms with E-state index < -0.39 is 16.2 Å². The minimum Gasteiger partial charge on any atom is -0.462 e. The van der Waals surface area contributed by atoms with Gasteiger partial charge in [0, 0.05) is 92.9 Å². The van der Waals surface area contributed by atoms with Crippen LogP contribution < -0.4 is 16.0 Å². The van der Waals surface area contributed by atoms with Crippen molar-refractivity contribution in [2.24, 2.45) is 51.8 Å². The van der Waals surface area contributed by atoms with E-state index in [2.05, 4.69) is 62.4 Å². The van der Waals surface area contributed by atoms with Crippen molar-refractivity contribution in [2.45, 2.75) is 253 Å². The van der Waals surface area contributed by atoms with Crippen LogP contribution in [0.1, 0.15) is 218 Å². The lowest BCUT2D eigenvalue weighted by Gasteiger charge is -2.45. The highest BCUT2D eigenvalue weighted by Crippen LogP contribution is 2.40. The van der Waals surface area contributed by atoms with Gasteiger partial charge in [-0.2, -0.15) is 0 Å². The van der Waals surface area contributed by atoms with E-state index in [-0.39, 0.29) is 70.6 Å². The molecule has 0 bridgehead atoms. The van der Waals surface area contributed by atoms with E-state index in [9.17, 15) is 14.4 Å². The van der Waals surface area contributed by atoms with Gasteiger partial charge in [-0.15, -0.1) is 0 Å². The average Bonchev–Trinajstić information content (AvgIpc) is 3.24. The molecule has 6 atom stereocenters. The zero-order valence-electron chi connectivity index (χ0n) is 45.2. The predicted octanol–water partition coefficient (Wildman–Crippen LogP) is 11.2. The van der Waals surface area contributed by atoms with Crippen LogP contribution in [0, 0.1) is 51.8 Å². The van der Waals surface area contributed by atoms with Crippen LogP contribution >= 0.6 is 0 Å². The Balaban J connectivity index is 1.20. The number of rotatable bonds is 18. The molecule has 6 rings (SSSR count). The SMILES string of the molecule is CC1(C)CC(OC(=O)C(C)(C)CN(CC(C)(C)C(=O)OC2CC(C)(C)NCC2CC2CCCCC2)CC(C)(C)C(=O)OC2CC(C)(C)NCC2CC2CCCCC2)C(CC2CCCCC2)CN1. The molecule has 0 amide bonds. The van der Waals surface area contributed by atoms with Crippen LogP contribution in [0.25, 0.3) is 0 Å². The summed E-state index contributed by atoms with van der Waals surface area (Å²) in [4.78, 5) is 46.3. The van der Waals surface area contributed by atoms with Gasteiger partial charge in [-0.3, -0.25) is 19.3 Å². The van der Waals surface area contributed by atoms with Gasteiger partial charge in [0.15, 0.2) is 0 Å². The summed E-state index contributed by atoms with van der Waals surface area (Å²) in [5.74, 6) is 2.26. The van der Waals surface area contributed by atoms with Crippen molar-refractivity contribution in [1.82, 2.24) is 20.9 Å². The second-order valence-corrected chi connectivity index (χ2v) is 27.5. The summed E-state index contributed by atoms with van der Waals surface area (Å²) in [5.41, 5.74) is -3.14. The molecule has 67 heavy (non-hydrogen) atoms. The van der Waals surface area contributed by atoms with Crippen LogP contribution in [0.5, 0.6) is 0 Å². The first-order valence-corrected chi connectivity index (χ1v) is 27.9. The van der Waals surface area contributed by atoms with Gasteiger partial charge >= 0.3 is 17.9 Å². The van der Waals surface area contributed by atoms with Gasteiger partial charge in [0.05, 0.1) is 16.2 Å². The molecule has 0 aromatic rings. The highest BCUT2D eigenvalue weighted by atomic mass is 16.6. The quantitative estimate of drug-likeness (QED) is 0.0906. The number of piperidine rings is 3. The fourth-order valence-electron chi connectivity index (χ4n) is 13.4. The second-order valence-electron chi connectivity index (χ2n) is 27.5. The number of carbonyl (C=O) groups is 3. The van der Waals surface area contributed by atoms with Crippen molar-refractivity contribution in [2.75, 3.05) is 39.3 Å². The smallest absolute Gasteiger partial charge is 0.313 e. The van der Waals surface area contributed by atoms with Gasteiger partial charge in [0.1, 0.15) is 18.3 Å². The molecule has 6 aliphatic rings. The fourth-order valence-corrected chi connectivity index (χ4v) is 13.4. The van der Waals surface area contributed by atoms with E-state index in [0.717, 1.165) is 58.2 Å². The van der Waals surface area contributed by atoms with Gasteiger partial charge in [-0.25, -0.2) is 0 Å². The first-order valence-electron chi connectivity index (χ1n) is 27.9. The topological polar surface area (TPSA) is 118 Å². The minimum absolute atomic E-state index is 0.128. The van der Waals surface area contributed by atoms with Crippen LogP contribution in [-0.4, -0.2) is 97.0 Å². The summed E-state index contributed by atoms with van der Waals surface area (Å²) in [6.45, 7) is 28.8. The molecule has 6 fully saturated rings. The molecule has 3 aliphatic heterocycles. The summed E-state index contributed by atoms with van der Waals surface area (Å²) in [5, 5.41) is 11.3. The zero-order valence-corrected chi connectivity index (χ0v) is 45.2. The van der Waals surface area contributed by atoms with Crippen molar-refractivity contribution in [1.29, 1.82) is 0 Å². The molecular weight excluding hydrogens is 837 g/mol. The Morgan fingerprint density at radius 3 is 0.910 bits per heavy atom. The molecule has 0 spiro atoms. The molecule has 3 heterocycles. The normalized spacial score (nSPS) is 30.4. The Hall–Kier alpha value is -1.75. The van der Waals surface area contributed by atoms with Gasteiger partial charge in [-0.05, 0) is 120 Å². The van der Waals surface area contributed by atoms with Gasteiger partial charge in [0.25, 0.3) is 0 Å². The van der Waals surface area contributed by atoms with E-state index in [1.54, 1.807) is 0 Å². The Kier molecular flexibility index (Phi) is 18.5. The molecule has 3 saturated heterocycles. The molecular formula is C57H102N4O6. The predicted molar refractivity (Wildman–Crippen MR) is 272 cm³/mol. The number of hydrogen-bond donors (Lipinski definition) is 3. The van der Waals surface area contributed by atoms with E-state index in [0.29, 0.717) is 37.4 Å². The monoisotopic (exact) mass is 939 g/mol. The van der Waals surface area contributed by atoms with Gasteiger partial charge < -0.3 is 30.2 Å². The van der Waals surface area contributed by atoms with Crippen LogP contribution in [0.4, 0.5) is 0 Å². The fraction of sp³-hybridized carbons (Fsp3) is 0.947. The highest BCUT2D eigenvalue weighted by molar-refractivity contribution is 5.78. The number of hydrogen-bond acceptors (Lipinski definition) is 10. The molecule has 0 radical (unpaired) electrons. The molecule has 3 saturated carbocycles. The van der Waals surface area contributed by atoms with Crippen LogP contribution in [0.3, 0.4) is 0 Å². The molecule has 0 aromatic heterocycles. The van der Waals surface area contributed by atoms with Gasteiger partial charge in [0.2, 0.25) is 0 Å². The highest BCUT2D eigenvalue weighted by Gasteiger charge is 2.47. The minimum atomic E-state index is -0.918. The third kappa shape index (κ3) is 16.1. The summed E-state index contributed by atoms with van der Waals surface area (Å²) in [7, 11) is 0. The average molecular weight is 939 g/mol. The first-order chi connectivity index (χ1) is 31.3. The maximum Gasteiger partial charge on any atom is 0.313 e. The van der Waals surface area contributed by atoms with Crippen LogP contribution in [0.2, 0.25) is 0 Å². The van der Waals surface area contributed by atoms with E-state index in [4.69, 9.17) is 14.2 Å². The van der Waals surface area contributed by atoms with Crippen molar-refractivity contribution < 1.29 is 28.6 Å². The third-order valence-electron chi connectivity index (χ3n) is 17.6. The molecule has 10 nitrogen and oxygen atoms in total. The number of carbonyl (C=O) groups excluding carboxylic acids is 3. The lowest BCUT2D eigenvalue weighted by atomic mass is 9.76. The van der Waals surface area contributed by atoms with E-state index in [1.165, 1.54) is 96.3 Å². The zero-order chi connectivity index (χ0) is 48.8. The maximum absolute atomic E-state index is 14.7. The molecule has 3 aliphatic carbocycles. The summed E-state index contributed by atoms with van der Waals surface area (Å²) in [6.07, 6.45) is 24.5. The Labute approximate surface area is 409 Å². The standard InChI is InChI=1S/C57H102N4O6/c1-52(2,49(62)65-46-31-55(7,8)58-34-43(46)28-40-22-16-13-17-23-40)37-61(38-53(3,4)50(63)66-47-32-56(9,10)59-35-44(47)29-41-24-18-14-19-25-41)39-54(5,6)51(64)67-48-33-57(11,12)60-36-45(48)30-42-26-20-15-21-27-42/h40-48,58-60H,13-39H2,1-12H3. The number of nitrogens with one attached hydrogen (secondary N) is 3. The Morgan fingerprint density at radius 1 is 0.433 bits per heavy atom. The van der Waals surface area contributed by atoms with E-state index >= 15 is 0 Å². The second kappa shape index (κ2) is 22.8. The number of esters is 3. The van der Waals surface area contributed by atoms with Gasteiger partial charge in [-0.1, -0.05) is 96.3 Å². The summed E-state index contributed by atoms with van der Waals surface area (Å²) < 4.78 is 20.1.